The number of rotatable bonds is 6. The number of anilines is 1. The topological polar surface area (TPSA) is 88.2 Å². The smallest absolute Gasteiger partial charge is 0.257 e. The molecule has 136 valence electrons. The summed E-state index contributed by atoms with van der Waals surface area (Å²) in [7, 11) is -3.57. The van der Waals surface area contributed by atoms with Gasteiger partial charge in [-0.15, -0.1) is 0 Å². The van der Waals surface area contributed by atoms with Crippen LogP contribution in [0.5, 0.6) is 0 Å². The van der Waals surface area contributed by atoms with Crippen molar-refractivity contribution in [3.63, 3.8) is 0 Å². The van der Waals surface area contributed by atoms with Crippen LogP contribution in [-0.2, 0) is 10.0 Å². The summed E-state index contributed by atoms with van der Waals surface area (Å²) in [6, 6.07) is 9.76. The number of thiazole rings is 1. The Labute approximate surface area is 154 Å². The molecule has 9 heteroatoms. The molecule has 0 atom stereocenters. The SMILES string of the molecule is CCCNS(=O)(=O)c1ccc2nc(NC(=O)c3ccc(F)cc3)sc2c1. The van der Waals surface area contributed by atoms with Gasteiger partial charge in [-0.2, -0.15) is 0 Å². The lowest BCUT2D eigenvalue weighted by Crippen LogP contribution is -2.24. The van der Waals surface area contributed by atoms with E-state index in [0.29, 0.717) is 33.9 Å². The second-order valence-electron chi connectivity index (χ2n) is 5.51. The highest BCUT2D eigenvalue weighted by atomic mass is 32.2. The number of amides is 1. The molecule has 3 rings (SSSR count). The number of halogens is 1. The highest BCUT2D eigenvalue weighted by Crippen LogP contribution is 2.28. The molecule has 2 aromatic carbocycles. The quantitative estimate of drug-likeness (QED) is 0.672. The summed E-state index contributed by atoms with van der Waals surface area (Å²) < 4.78 is 40.5. The van der Waals surface area contributed by atoms with Crippen LogP contribution in [0.4, 0.5) is 9.52 Å². The molecule has 3 aromatic rings. The first-order valence-electron chi connectivity index (χ1n) is 7.86. The minimum atomic E-state index is -3.57. The van der Waals surface area contributed by atoms with E-state index in [-0.39, 0.29) is 4.90 Å². The third-order valence-electron chi connectivity index (χ3n) is 3.54. The Morgan fingerprint density at radius 3 is 2.62 bits per heavy atom. The third kappa shape index (κ3) is 4.06. The molecule has 0 radical (unpaired) electrons. The molecule has 0 spiro atoms. The molecule has 0 unspecified atom stereocenters. The molecule has 0 aliphatic carbocycles. The Hall–Kier alpha value is -2.36. The van der Waals surface area contributed by atoms with E-state index in [1.807, 2.05) is 6.92 Å². The van der Waals surface area contributed by atoms with Gasteiger partial charge in [-0.25, -0.2) is 22.5 Å². The summed E-state index contributed by atoms with van der Waals surface area (Å²) in [5.74, 6) is -0.839. The van der Waals surface area contributed by atoms with Crippen LogP contribution in [0.15, 0.2) is 47.4 Å². The summed E-state index contributed by atoms with van der Waals surface area (Å²) >= 11 is 1.17. The van der Waals surface area contributed by atoms with Crippen molar-refractivity contribution in [2.45, 2.75) is 18.2 Å². The summed E-state index contributed by atoms with van der Waals surface area (Å²) in [6.45, 7) is 2.24. The highest BCUT2D eigenvalue weighted by molar-refractivity contribution is 7.89. The Balaban J connectivity index is 1.83. The first-order valence-corrected chi connectivity index (χ1v) is 10.2. The number of aromatic nitrogens is 1. The minimum Gasteiger partial charge on any atom is -0.298 e. The van der Waals surface area contributed by atoms with Crippen LogP contribution in [0.3, 0.4) is 0 Å². The zero-order valence-corrected chi connectivity index (χ0v) is 15.5. The van der Waals surface area contributed by atoms with Gasteiger partial charge >= 0.3 is 0 Å². The lowest BCUT2D eigenvalue weighted by Gasteiger charge is -2.04. The first-order chi connectivity index (χ1) is 12.4. The Bertz CT molecular complexity index is 1050. The molecule has 0 aliphatic heterocycles. The molecule has 0 saturated carbocycles. The van der Waals surface area contributed by atoms with Gasteiger partial charge in [0.05, 0.1) is 15.1 Å². The fourth-order valence-electron chi connectivity index (χ4n) is 2.22. The minimum absolute atomic E-state index is 0.151. The van der Waals surface area contributed by atoms with Crippen LogP contribution in [0.2, 0.25) is 0 Å². The number of fused-ring (bicyclic) bond motifs is 1. The van der Waals surface area contributed by atoms with Gasteiger partial charge in [0.1, 0.15) is 5.82 Å². The van der Waals surface area contributed by atoms with E-state index in [2.05, 4.69) is 15.0 Å². The van der Waals surface area contributed by atoms with Crippen molar-refractivity contribution in [1.29, 1.82) is 0 Å². The molecule has 2 N–H and O–H groups in total. The van der Waals surface area contributed by atoms with Gasteiger partial charge in [0.15, 0.2) is 5.13 Å². The molecule has 1 amide bonds. The second kappa shape index (κ2) is 7.48. The largest absolute Gasteiger partial charge is 0.298 e. The molecule has 0 bridgehead atoms. The number of sulfonamides is 1. The Kier molecular flexibility index (Phi) is 5.30. The zero-order valence-electron chi connectivity index (χ0n) is 13.8. The Morgan fingerprint density at radius 2 is 1.92 bits per heavy atom. The monoisotopic (exact) mass is 393 g/mol. The number of nitrogens with zero attached hydrogens (tertiary/aromatic N) is 1. The number of benzene rings is 2. The maximum atomic E-state index is 12.9. The predicted molar refractivity (Wildman–Crippen MR) is 99.5 cm³/mol. The maximum Gasteiger partial charge on any atom is 0.257 e. The van der Waals surface area contributed by atoms with Crippen molar-refractivity contribution in [3.05, 3.63) is 53.8 Å². The van der Waals surface area contributed by atoms with E-state index >= 15 is 0 Å². The summed E-state index contributed by atoms with van der Waals surface area (Å²) in [6.07, 6.45) is 0.696. The van der Waals surface area contributed by atoms with Gasteiger partial charge in [0.2, 0.25) is 10.0 Å². The van der Waals surface area contributed by atoms with Crippen LogP contribution < -0.4 is 10.0 Å². The van der Waals surface area contributed by atoms with Gasteiger partial charge in [0, 0.05) is 12.1 Å². The van der Waals surface area contributed by atoms with Crippen LogP contribution in [0, 0.1) is 5.82 Å². The summed E-state index contributed by atoms with van der Waals surface area (Å²) in [5, 5.41) is 2.98. The van der Waals surface area contributed by atoms with Crippen molar-refractivity contribution in [3.8, 4) is 0 Å². The van der Waals surface area contributed by atoms with Gasteiger partial charge in [0.25, 0.3) is 5.91 Å². The van der Waals surface area contributed by atoms with Gasteiger partial charge < -0.3 is 0 Å². The molecular formula is C17H16FN3O3S2. The molecule has 0 saturated heterocycles. The predicted octanol–water partition coefficient (Wildman–Crippen LogP) is 3.38. The molecule has 0 fully saturated rings. The third-order valence-corrected chi connectivity index (χ3v) is 5.93. The normalized spacial score (nSPS) is 11.6. The maximum absolute atomic E-state index is 12.9. The average Bonchev–Trinajstić information content (AvgIpc) is 3.01. The van der Waals surface area contributed by atoms with Crippen molar-refractivity contribution < 1.29 is 17.6 Å². The fourth-order valence-corrected chi connectivity index (χ4v) is 4.35. The summed E-state index contributed by atoms with van der Waals surface area (Å²) in [4.78, 5) is 16.6. The van der Waals surface area contributed by atoms with E-state index in [1.54, 1.807) is 6.07 Å². The summed E-state index contributed by atoms with van der Waals surface area (Å²) in [5.41, 5.74) is 0.886. The average molecular weight is 393 g/mol. The van der Waals surface area contributed by atoms with Crippen LogP contribution in [0.1, 0.15) is 23.7 Å². The Morgan fingerprint density at radius 1 is 1.19 bits per heavy atom. The number of hydrogen-bond acceptors (Lipinski definition) is 5. The number of nitrogens with one attached hydrogen (secondary N) is 2. The van der Waals surface area contributed by atoms with Crippen molar-refractivity contribution in [1.82, 2.24) is 9.71 Å². The molecule has 0 aliphatic rings. The van der Waals surface area contributed by atoms with Crippen molar-refractivity contribution in [2.75, 3.05) is 11.9 Å². The molecular weight excluding hydrogens is 377 g/mol. The molecule has 26 heavy (non-hydrogen) atoms. The highest BCUT2D eigenvalue weighted by Gasteiger charge is 2.16. The van der Waals surface area contributed by atoms with E-state index in [1.165, 1.54) is 47.7 Å². The molecule has 6 nitrogen and oxygen atoms in total. The fraction of sp³-hybridized carbons (Fsp3) is 0.176. The number of carbonyl (C=O) groups excluding carboxylic acids is 1. The molecule has 1 heterocycles. The van der Waals surface area contributed by atoms with Gasteiger partial charge in [-0.3, -0.25) is 10.1 Å². The lowest BCUT2D eigenvalue weighted by atomic mass is 10.2. The second-order valence-corrected chi connectivity index (χ2v) is 8.30. The van der Waals surface area contributed by atoms with Crippen molar-refractivity contribution >= 4 is 42.6 Å². The zero-order chi connectivity index (χ0) is 18.7. The van der Waals surface area contributed by atoms with Crippen LogP contribution in [0.25, 0.3) is 10.2 Å². The first kappa shape index (κ1) is 18.4. The van der Waals surface area contributed by atoms with Crippen molar-refractivity contribution in [2.24, 2.45) is 0 Å². The van der Waals surface area contributed by atoms with E-state index in [4.69, 9.17) is 0 Å². The standard InChI is InChI=1S/C17H16FN3O3S2/c1-2-9-19-26(23,24)13-7-8-14-15(10-13)25-17(20-14)21-16(22)11-3-5-12(18)6-4-11/h3-8,10,19H,2,9H2,1H3,(H,20,21,22). The van der Waals surface area contributed by atoms with Gasteiger partial charge in [-0.05, 0) is 48.9 Å². The van der Waals surface area contributed by atoms with Crippen LogP contribution >= 0.6 is 11.3 Å². The number of hydrogen-bond donors (Lipinski definition) is 2. The van der Waals surface area contributed by atoms with Crippen LogP contribution in [-0.4, -0.2) is 25.9 Å². The van der Waals surface area contributed by atoms with E-state index in [9.17, 15) is 17.6 Å². The number of carbonyl (C=O) groups is 1. The van der Waals surface area contributed by atoms with E-state index < -0.39 is 21.7 Å². The van der Waals surface area contributed by atoms with E-state index in [0.717, 1.165) is 0 Å². The molecule has 1 aromatic heterocycles. The lowest BCUT2D eigenvalue weighted by molar-refractivity contribution is 0.102. The van der Waals surface area contributed by atoms with Gasteiger partial charge in [-0.1, -0.05) is 18.3 Å².